The third kappa shape index (κ3) is 5.46. The highest BCUT2D eigenvalue weighted by Crippen LogP contribution is 2.21. The van der Waals surface area contributed by atoms with Gasteiger partial charge in [0, 0.05) is 18.7 Å². The molecule has 0 aromatic heterocycles. The summed E-state index contributed by atoms with van der Waals surface area (Å²) in [4.78, 5) is 24.3. The molecule has 2 aromatic rings. The number of rotatable bonds is 8. The molecule has 0 aliphatic carbocycles. The highest BCUT2D eigenvalue weighted by atomic mass is 32.2. The normalized spacial score (nSPS) is 14.8. The number of benzene rings is 2. The van der Waals surface area contributed by atoms with Gasteiger partial charge in [-0.15, -0.1) is 0 Å². The molecule has 1 aliphatic rings. The van der Waals surface area contributed by atoms with Crippen LogP contribution in [0, 0.1) is 5.82 Å². The summed E-state index contributed by atoms with van der Waals surface area (Å²) in [6.45, 7) is 2.53. The van der Waals surface area contributed by atoms with Crippen LogP contribution in [-0.2, 0) is 19.5 Å². The molecule has 0 bridgehead atoms. The van der Waals surface area contributed by atoms with Crippen molar-refractivity contribution in [3.05, 3.63) is 59.4 Å². The topological polar surface area (TPSA) is 99.2 Å². The summed E-state index contributed by atoms with van der Waals surface area (Å²) in [7, 11) is -3.92. The number of Topliss-reactive ketones (excluding diaryl/α,β-unsaturated/α-hetero) is 1. The lowest BCUT2D eigenvalue weighted by atomic mass is 10.1. The van der Waals surface area contributed by atoms with Gasteiger partial charge in [0.05, 0.1) is 30.3 Å². The summed E-state index contributed by atoms with van der Waals surface area (Å²) in [6.07, 6.45) is 0. The summed E-state index contributed by atoms with van der Waals surface area (Å²) >= 11 is 0. The van der Waals surface area contributed by atoms with Gasteiger partial charge in [-0.3, -0.25) is 4.79 Å². The molecular weight excluding hydrogens is 429 g/mol. The van der Waals surface area contributed by atoms with E-state index in [0.717, 1.165) is 18.2 Å². The number of esters is 1. The molecule has 1 fully saturated rings. The third-order valence-electron chi connectivity index (χ3n) is 4.59. The van der Waals surface area contributed by atoms with Gasteiger partial charge in [0.25, 0.3) is 0 Å². The predicted octanol–water partition coefficient (Wildman–Crippen LogP) is 2.29. The van der Waals surface area contributed by atoms with E-state index >= 15 is 0 Å². The number of hydrogen-bond donors (Lipinski definition) is 0. The van der Waals surface area contributed by atoms with E-state index in [1.54, 1.807) is 12.1 Å². The van der Waals surface area contributed by atoms with E-state index in [1.807, 2.05) is 6.92 Å². The Kier molecular flexibility index (Phi) is 7.37. The van der Waals surface area contributed by atoms with Gasteiger partial charge >= 0.3 is 5.97 Å². The lowest BCUT2D eigenvalue weighted by Gasteiger charge is -2.26. The first kappa shape index (κ1) is 22.9. The second-order valence-corrected chi connectivity index (χ2v) is 8.55. The maximum Gasteiger partial charge on any atom is 0.341 e. The number of ketones is 1. The molecule has 3 rings (SSSR count). The van der Waals surface area contributed by atoms with Crippen molar-refractivity contribution < 1.29 is 36.6 Å². The zero-order valence-electron chi connectivity index (χ0n) is 16.9. The standard InChI is InChI=1S/C21H22FNO7S/c1-2-29-16-5-3-15(4-6-16)20(24)14-30-21(25)18-13-17(7-8-19(18)22)31(26,27)23-9-11-28-12-10-23/h3-8,13H,2,9-12,14H2,1H3. The highest BCUT2D eigenvalue weighted by Gasteiger charge is 2.28. The summed E-state index contributed by atoms with van der Waals surface area (Å²) < 4.78 is 56.2. The van der Waals surface area contributed by atoms with E-state index in [1.165, 1.54) is 16.4 Å². The molecule has 0 spiro atoms. The Morgan fingerprint density at radius 1 is 1.10 bits per heavy atom. The van der Waals surface area contributed by atoms with Gasteiger partial charge in [-0.2, -0.15) is 4.31 Å². The van der Waals surface area contributed by atoms with Gasteiger partial charge in [0.15, 0.2) is 12.4 Å². The number of sulfonamides is 1. The summed E-state index contributed by atoms with van der Waals surface area (Å²) in [5.41, 5.74) is -0.269. The molecule has 2 aromatic carbocycles. The van der Waals surface area contributed by atoms with Crippen LogP contribution in [0.15, 0.2) is 47.4 Å². The Morgan fingerprint density at radius 3 is 2.42 bits per heavy atom. The van der Waals surface area contributed by atoms with Crippen LogP contribution in [0.3, 0.4) is 0 Å². The lowest BCUT2D eigenvalue weighted by Crippen LogP contribution is -2.40. The Morgan fingerprint density at radius 2 is 1.77 bits per heavy atom. The summed E-state index contributed by atoms with van der Waals surface area (Å²) in [5, 5.41) is 0. The van der Waals surface area contributed by atoms with Crippen LogP contribution in [-0.4, -0.2) is 64.0 Å². The van der Waals surface area contributed by atoms with Crippen molar-refractivity contribution in [2.75, 3.05) is 39.5 Å². The number of hydrogen-bond acceptors (Lipinski definition) is 7. The van der Waals surface area contributed by atoms with E-state index in [4.69, 9.17) is 14.2 Å². The largest absolute Gasteiger partial charge is 0.494 e. The number of ether oxygens (including phenoxy) is 3. The van der Waals surface area contributed by atoms with Crippen molar-refractivity contribution in [1.82, 2.24) is 4.31 Å². The molecular formula is C21H22FNO7S. The lowest BCUT2D eigenvalue weighted by molar-refractivity contribution is 0.0469. The van der Waals surface area contributed by atoms with Crippen LogP contribution in [0.2, 0.25) is 0 Å². The molecule has 0 N–H and O–H groups in total. The fourth-order valence-electron chi connectivity index (χ4n) is 2.95. The first-order valence-electron chi connectivity index (χ1n) is 9.63. The highest BCUT2D eigenvalue weighted by molar-refractivity contribution is 7.89. The van der Waals surface area contributed by atoms with Gasteiger partial charge in [-0.1, -0.05) is 0 Å². The van der Waals surface area contributed by atoms with E-state index in [-0.39, 0.29) is 31.2 Å². The van der Waals surface area contributed by atoms with E-state index in [9.17, 15) is 22.4 Å². The Balaban J connectivity index is 1.70. The number of nitrogens with zero attached hydrogens (tertiary/aromatic N) is 1. The zero-order valence-corrected chi connectivity index (χ0v) is 17.7. The molecule has 8 nitrogen and oxygen atoms in total. The van der Waals surface area contributed by atoms with Crippen LogP contribution in [0.5, 0.6) is 5.75 Å². The minimum absolute atomic E-state index is 0.163. The van der Waals surface area contributed by atoms with E-state index < -0.39 is 39.8 Å². The number of carbonyl (C=O) groups excluding carboxylic acids is 2. The Bertz CT molecular complexity index is 1050. The maximum atomic E-state index is 14.2. The van der Waals surface area contributed by atoms with Gasteiger partial charge in [-0.25, -0.2) is 17.6 Å². The predicted molar refractivity (Wildman–Crippen MR) is 108 cm³/mol. The fourth-order valence-corrected chi connectivity index (χ4v) is 4.39. The van der Waals surface area contributed by atoms with Gasteiger partial charge in [0.1, 0.15) is 11.6 Å². The zero-order chi connectivity index (χ0) is 22.4. The van der Waals surface area contributed by atoms with Crippen LogP contribution >= 0.6 is 0 Å². The Labute approximate surface area is 179 Å². The SMILES string of the molecule is CCOc1ccc(C(=O)COC(=O)c2cc(S(=O)(=O)N3CCOCC3)ccc2F)cc1. The maximum absolute atomic E-state index is 14.2. The molecule has 0 amide bonds. The third-order valence-corrected chi connectivity index (χ3v) is 6.48. The molecule has 10 heteroatoms. The summed E-state index contributed by atoms with van der Waals surface area (Å²) in [5.74, 6) is -1.97. The van der Waals surface area contributed by atoms with Crippen LogP contribution in [0.25, 0.3) is 0 Å². The van der Waals surface area contributed by atoms with Crippen molar-refractivity contribution in [3.8, 4) is 5.75 Å². The average molecular weight is 451 g/mol. The van der Waals surface area contributed by atoms with Crippen molar-refractivity contribution in [3.63, 3.8) is 0 Å². The number of halogens is 1. The second-order valence-electron chi connectivity index (χ2n) is 6.61. The number of carbonyl (C=O) groups is 2. The monoisotopic (exact) mass is 451 g/mol. The average Bonchev–Trinajstić information content (AvgIpc) is 2.78. The van der Waals surface area contributed by atoms with E-state index in [0.29, 0.717) is 17.9 Å². The minimum atomic E-state index is -3.92. The summed E-state index contributed by atoms with van der Waals surface area (Å²) in [6, 6.07) is 9.16. The molecule has 1 heterocycles. The minimum Gasteiger partial charge on any atom is -0.494 e. The van der Waals surface area contributed by atoms with Crippen molar-refractivity contribution in [2.45, 2.75) is 11.8 Å². The smallest absolute Gasteiger partial charge is 0.341 e. The number of morpholine rings is 1. The van der Waals surface area contributed by atoms with Crippen molar-refractivity contribution in [2.24, 2.45) is 0 Å². The van der Waals surface area contributed by atoms with Crippen LogP contribution < -0.4 is 4.74 Å². The van der Waals surface area contributed by atoms with Crippen LogP contribution in [0.1, 0.15) is 27.6 Å². The first-order valence-corrected chi connectivity index (χ1v) is 11.1. The molecule has 0 radical (unpaired) electrons. The van der Waals surface area contributed by atoms with Crippen molar-refractivity contribution in [1.29, 1.82) is 0 Å². The molecule has 0 atom stereocenters. The molecule has 31 heavy (non-hydrogen) atoms. The molecule has 1 saturated heterocycles. The van der Waals surface area contributed by atoms with Gasteiger partial charge in [-0.05, 0) is 49.4 Å². The molecule has 0 saturated carbocycles. The van der Waals surface area contributed by atoms with Crippen molar-refractivity contribution >= 4 is 21.8 Å². The van der Waals surface area contributed by atoms with Crippen LogP contribution in [0.4, 0.5) is 4.39 Å². The quantitative estimate of drug-likeness (QED) is 0.448. The fraction of sp³-hybridized carbons (Fsp3) is 0.333. The molecule has 1 aliphatic heterocycles. The molecule has 0 unspecified atom stereocenters. The molecule has 166 valence electrons. The van der Waals surface area contributed by atoms with Gasteiger partial charge < -0.3 is 14.2 Å². The first-order chi connectivity index (χ1) is 14.8. The second kappa shape index (κ2) is 9.99. The van der Waals surface area contributed by atoms with E-state index in [2.05, 4.69) is 0 Å². The van der Waals surface area contributed by atoms with Gasteiger partial charge in [0.2, 0.25) is 10.0 Å². The Hall–Kier alpha value is -2.82.